The standard InChI is InChI=1S/C15H21N3O/c1-11-4-6-13(7-5-11)15(9-16)18(3)10-14-8-12(2)19-17-14/h4-8,15H,9-10,16H2,1-3H3. The molecule has 19 heavy (non-hydrogen) atoms. The summed E-state index contributed by atoms with van der Waals surface area (Å²) in [5.41, 5.74) is 9.34. The van der Waals surface area contributed by atoms with Crippen LogP contribution in [0.4, 0.5) is 0 Å². The third kappa shape index (κ3) is 3.43. The molecule has 0 aliphatic rings. The molecule has 4 heteroatoms. The van der Waals surface area contributed by atoms with E-state index in [0.717, 1.165) is 18.0 Å². The SMILES string of the molecule is Cc1ccc(C(CN)N(C)Cc2cc(C)on2)cc1. The van der Waals surface area contributed by atoms with Crippen LogP contribution in [-0.4, -0.2) is 23.6 Å². The predicted molar refractivity (Wildman–Crippen MR) is 75.7 cm³/mol. The fourth-order valence-electron chi connectivity index (χ4n) is 2.22. The molecular formula is C15H21N3O. The number of nitrogens with two attached hydrogens (primary N) is 1. The molecule has 2 N–H and O–H groups in total. The largest absolute Gasteiger partial charge is 0.361 e. The maximum atomic E-state index is 5.92. The highest BCUT2D eigenvalue weighted by atomic mass is 16.5. The Morgan fingerprint density at radius 2 is 1.95 bits per heavy atom. The number of hydrogen-bond acceptors (Lipinski definition) is 4. The van der Waals surface area contributed by atoms with E-state index in [2.05, 4.69) is 48.3 Å². The van der Waals surface area contributed by atoms with Gasteiger partial charge >= 0.3 is 0 Å². The third-order valence-corrected chi connectivity index (χ3v) is 3.31. The summed E-state index contributed by atoms with van der Waals surface area (Å²) in [4.78, 5) is 2.20. The molecule has 1 atom stereocenters. The smallest absolute Gasteiger partial charge is 0.133 e. The molecule has 102 valence electrons. The number of benzene rings is 1. The van der Waals surface area contributed by atoms with Gasteiger partial charge in [0.05, 0.1) is 5.69 Å². The second-order valence-electron chi connectivity index (χ2n) is 5.01. The van der Waals surface area contributed by atoms with Crippen LogP contribution in [-0.2, 0) is 6.54 Å². The summed E-state index contributed by atoms with van der Waals surface area (Å²) >= 11 is 0. The second kappa shape index (κ2) is 5.99. The summed E-state index contributed by atoms with van der Waals surface area (Å²) in [6.45, 7) is 5.30. The molecule has 1 unspecified atom stereocenters. The van der Waals surface area contributed by atoms with E-state index in [9.17, 15) is 0 Å². The van der Waals surface area contributed by atoms with Crippen molar-refractivity contribution in [3.05, 3.63) is 52.9 Å². The Kier molecular flexibility index (Phi) is 4.35. The van der Waals surface area contributed by atoms with E-state index in [1.807, 2.05) is 13.0 Å². The van der Waals surface area contributed by atoms with Gasteiger partial charge in [0.2, 0.25) is 0 Å². The number of nitrogens with zero attached hydrogens (tertiary/aromatic N) is 2. The van der Waals surface area contributed by atoms with Crippen LogP contribution in [0.1, 0.15) is 28.6 Å². The minimum absolute atomic E-state index is 0.192. The van der Waals surface area contributed by atoms with Crippen molar-refractivity contribution >= 4 is 0 Å². The Labute approximate surface area is 114 Å². The zero-order chi connectivity index (χ0) is 13.8. The Morgan fingerprint density at radius 3 is 2.47 bits per heavy atom. The van der Waals surface area contributed by atoms with Crippen LogP contribution in [0.3, 0.4) is 0 Å². The van der Waals surface area contributed by atoms with Gasteiger partial charge in [0.25, 0.3) is 0 Å². The number of hydrogen-bond donors (Lipinski definition) is 1. The van der Waals surface area contributed by atoms with Gasteiger partial charge in [-0.25, -0.2) is 0 Å². The van der Waals surface area contributed by atoms with Crippen LogP contribution in [0.2, 0.25) is 0 Å². The van der Waals surface area contributed by atoms with Gasteiger partial charge in [-0.05, 0) is 26.5 Å². The Hall–Kier alpha value is -1.65. The zero-order valence-electron chi connectivity index (χ0n) is 11.8. The van der Waals surface area contributed by atoms with Crippen LogP contribution < -0.4 is 5.73 Å². The van der Waals surface area contributed by atoms with E-state index in [1.54, 1.807) is 0 Å². The Bertz CT molecular complexity index is 518. The van der Waals surface area contributed by atoms with Crippen molar-refractivity contribution in [2.24, 2.45) is 5.73 Å². The van der Waals surface area contributed by atoms with Crippen molar-refractivity contribution in [3.63, 3.8) is 0 Å². The van der Waals surface area contributed by atoms with Crippen LogP contribution in [0.5, 0.6) is 0 Å². The molecule has 1 heterocycles. The van der Waals surface area contributed by atoms with E-state index in [4.69, 9.17) is 10.3 Å². The van der Waals surface area contributed by atoms with E-state index < -0.39 is 0 Å². The predicted octanol–water partition coefficient (Wildman–Crippen LogP) is 2.42. The number of aromatic nitrogens is 1. The summed E-state index contributed by atoms with van der Waals surface area (Å²) in [5, 5.41) is 4.02. The molecule has 0 radical (unpaired) electrons. The molecule has 0 aliphatic carbocycles. The van der Waals surface area contributed by atoms with E-state index in [1.165, 1.54) is 11.1 Å². The normalized spacial score (nSPS) is 12.9. The number of aryl methyl sites for hydroxylation is 2. The van der Waals surface area contributed by atoms with Crippen molar-refractivity contribution in [1.82, 2.24) is 10.1 Å². The van der Waals surface area contributed by atoms with Gasteiger partial charge in [-0.15, -0.1) is 0 Å². The van der Waals surface area contributed by atoms with Gasteiger partial charge in [-0.2, -0.15) is 0 Å². The maximum Gasteiger partial charge on any atom is 0.133 e. The van der Waals surface area contributed by atoms with E-state index in [-0.39, 0.29) is 6.04 Å². The lowest BCUT2D eigenvalue weighted by atomic mass is 10.0. The number of likely N-dealkylation sites (N-methyl/N-ethyl adjacent to an activating group) is 1. The highest BCUT2D eigenvalue weighted by Crippen LogP contribution is 2.20. The zero-order valence-corrected chi connectivity index (χ0v) is 11.8. The van der Waals surface area contributed by atoms with Crippen LogP contribution in [0.15, 0.2) is 34.9 Å². The molecule has 0 saturated carbocycles. The first kappa shape index (κ1) is 13.8. The highest BCUT2D eigenvalue weighted by Gasteiger charge is 2.16. The fourth-order valence-corrected chi connectivity index (χ4v) is 2.22. The van der Waals surface area contributed by atoms with Gasteiger partial charge < -0.3 is 10.3 Å². The Morgan fingerprint density at radius 1 is 1.26 bits per heavy atom. The average Bonchev–Trinajstić information content (AvgIpc) is 2.78. The van der Waals surface area contributed by atoms with E-state index in [0.29, 0.717) is 6.54 Å². The van der Waals surface area contributed by atoms with Gasteiger partial charge in [0.1, 0.15) is 5.76 Å². The van der Waals surface area contributed by atoms with Crippen LogP contribution in [0, 0.1) is 13.8 Å². The lowest BCUT2D eigenvalue weighted by Gasteiger charge is -2.26. The topological polar surface area (TPSA) is 55.3 Å². The molecule has 0 spiro atoms. The molecule has 0 saturated heterocycles. The molecule has 0 aliphatic heterocycles. The molecule has 0 bridgehead atoms. The molecule has 0 amide bonds. The minimum atomic E-state index is 0.192. The summed E-state index contributed by atoms with van der Waals surface area (Å²) in [7, 11) is 2.06. The quantitative estimate of drug-likeness (QED) is 0.896. The maximum absolute atomic E-state index is 5.92. The first-order valence-electron chi connectivity index (χ1n) is 6.49. The van der Waals surface area contributed by atoms with E-state index >= 15 is 0 Å². The highest BCUT2D eigenvalue weighted by molar-refractivity contribution is 5.24. The third-order valence-electron chi connectivity index (χ3n) is 3.31. The molecular weight excluding hydrogens is 238 g/mol. The summed E-state index contributed by atoms with van der Waals surface area (Å²) < 4.78 is 5.09. The molecule has 0 fully saturated rings. The summed E-state index contributed by atoms with van der Waals surface area (Å²) in [6, 6.07) is 10.7. The first-order valence-corrected chi connectivity index (χ1v) is 6.49. The Balaban J connectivity index is 2.10. The first-order chi connectivity index (χ1) is 9.10. The van der Waals surface area contributed by atoms with Gasteiger partial charge in [-0.1, -0.05) is 35.0 Å². The number of rotatable bonds is 5. The second-order valence-corrected chi connectivity index (χ2v) is 5.01. The van der Waals surface area contributed by atoms with Gasteiger partial charge in [-0.3, -0.25) is 4.90 Å². The van der Waals surface area contributed by atoms with Gasteiger partial charge in [0, 0.05) is 25.2 Å². The monoisotopic (exact) mass is 259 g/mol. The minimum Gasteiger partial charge on any atom is -0.361 e. The van der Waals surface area contributed by atoms with Crippen molar-refractivity contribution < 1.29 is 4.52 Å². The van der Waals surface area contributed by atoms with Crippen molar-refractivity contribution in [1.29, 1.82) is 0 Å². The van der Waals surface area contributed by atoms with Crippen LogP contribution >= 0.6 is 0 Å². The lowest BCUT2D eigenvalue weighted by molar-refractivity contribution is 0.234. The fraction of sp³-hybridized carbons (Fsp3) is 0.400. The van der Waals surface area contributed by atoms with Crippen molar-refractivity contribution in [2.75, 3.05) is 13.6 Å². The van der Waals surface area contributed by atoms with Gasteiger partial charge in [0.15, 0.2) is 0 Å². The van der Waals surface area contributed by atoms with Crippen molar-refractivity contribution in [3.8, 4) is 0 Å². The molecule has 2 aromatic rings. The molecule has 4 nitrogen and oxygen atoms in total. The molecule has 1 aromatic carbocycles. The van der Waals surface area contributed by atoms with Crippen LogP contribution in [0.25, 0.3) is 0 Å². The summed E-state index contributed by atoms with van der Waals surface area (Å²) in [5.74, 6) is 0.836. The average molecular weight is 259 g/mol. The lowest BCUT2D eigenvalue weighted by Crippen LogP contribution is -2.30. The van der Waals surface area contributed by atoms with Crippen molar-refractivity contribution in [2.45, 2.75) is 26.4 Å². The summed E-state index contributed by atoms with van der Waals surface area (Å²) in [6.07, 6.45) is 0. The molecule has 2 rings (SSSR count). The molecule has 1 aromatic heterocycles.